The van der Waals surface area contributed by atoms with E-state index in [0.29, 0.717) is 5.92 Å². The summed E-state index contributed by atoms with van der Waals surface area (Å²) in [6, 6.07) is 1.94. The fourth-order valence-electron chi connectivity index (χ4n) is 2.63. The second-order valence-corrected chi connectivity index (χ2v) is 6.70. The maximum Gasteiger partial charge on any atom is 0.245 e. The highest BCUT2D eigenvalue weighted by atomic mass is 32.1. The van der Waals surface area contributed by atoms with Crippen molar-refractivity contribution in [3.63, 3.8) is 0 Å². The van der Waals surface area contributed by atoms with Crippen molar-refractivity contribution in [2.24, 2.45) is 5.92 Å². The Morgan fingerprint density at radius 3 is 3.23 bits per heavy atom. The lowest BCUT2D eigenvalue weighted by Gasteiger charge is -2.14. The number of amides is 1. The predicted molar refractivity (Wildman–Crippen MR) is 87.2 cm³/mol. The molecule has 1 amide bonds. The molecule has 1 aliphatic rings. The molecular weight excluding hydrogens is 298 g/mol. The fraction of sp³-hybridized carbons (Fsp3) is 0.400. The van der Waals surface area contributed by atoms with Crippen LogP contribution in [0.15, 0.2) is 31.1 Å². The van der Waals surface area contributed by atoms with E-state index in [9.17, 15) is 4.79 Å². The SMILES string of the molecule is C=CC(=O)N1CCC(Cn2ccc(Nc3ncc(C)s3)n2)C1. The van der Waals surface area contributed by atoms with Gasteiger partial charge in [-0.2, -0.15) is 5.10 Å². The minimum Gasteiger partial charge on any atom is -0.339 e. The lowest BCUT2D eigenvalue weighted by Crippen LogP contribution is -2.27. The average molecular weight is 317 g/mol. The Labute approximate surface area is 133 Å². The van der Waals surface area contributed by atoms with Crippen molar-refractivity contribution in [2.75, 3.05) is 18.4 Å². The van der Waals surface area contributed by atoms with Crippen molar-refractivity contribution in [1.29, 1.82) is 0 Å². The summed E-state index contributed by atoms with van der Waals surface area (Å²) in [7, 11) is 0. The van der Waals surface area contributed by atoms with Gasteiger partial charge in [-0.25, -0.2) is 4.98 Å². The second kappa shape index (κ2) is 6.31. The molecule has 1 aliphatic heterocycles. The topological polar surface area (TPSA) is 63.1 Å². The summed E-state index contributed by atoms with van der Waals surface area (Å²) in [5.74, 6) is 1.26. The average Bonchev–Trinajstić information content (AvgIpc) is 3.22. The van der Waals surface area contributed by atoms with E-state index < -0.39 is 0 Å². The highest BCUT2D eigenvalue weighted by molar-refractivity contribution is 7.15. The van der Waals surface area contributed by atoms with Crippen LogP contribution in [0.25, 0.3) is 0 Å². The summed E-state index contributed by atoms with van der Waals surface area (Å²) in [6.45, 7) is 7.96. The van der Waals surface area contributed by atoms with Gasteiger partial charge >= 0.3 is 0 Å². The maximum absolute atomic E-state index is 11.6. The number of rotatable bonds is 5. The first-order chi connectivity index (χ1) is 10.6. The van der Waals surface area contributed by atoms with Crippen molar-refractivity contribution < 1.29 is 4.79 Å². The molecule has 0 spiro atoms. The van der Waals surface area contributed by atoms with Crippen molar-refractivity contribution in [3.05, 3.63) is 36.0 Å². The van der Waals surface area contributed by atoms with Gasteiger partial charge < -0.3 is 10.2 Å². The normalized spacial score (nSPS) is 17.7. The molecule has 1 saturated heterocycles. The van der Waals surface area contributed by atoms with Crippen LogP contribution in [-0.4, -0.2) is 38.7 Å². The number of thiazole rings is 1. The van der Waals surface area contributed by atoms with E-state index in [1.165, 1.54) is 11.0 Å². The molecule has 0 radical (unpaired) electrons. The number of carbonyl (C=O) groups is 1. The maximum atomic E-state index is 11.6. The van der Waals surface area contributed by atoms with Gasteiger partial charge in [-0.3, -0.25) is 9.48 Å². The van der Waals surface area contributed by atoms with Gasteiger partial charge in [0, 0.05) is 43.0 Å². The number of anilines is 2. The van der Waals surface area contributed by atoms with Gasteiger partial charge in [0.15, 0.2) is 10.9 Å². The predicted octanol–water partition coefficient (Wildman–Crippen LogP) is 2.43. The quantitative estimate of drug-likeness (QED) is 0.860. The van der Waals surface area contributed by atoms with E-state index in [1.54, 1.807) is 11.3 Å². The Morgan fingerprint density at radius 2 is 2.50 bits per heavy atom. The molecule has 2 aromatic rings. The molecule has 1 atom stereocenters. The van der Waals surface area contributed by atoms with Crippen LogP contribution < -0.4 is 5.32 Å². The van der Waals surface area contributed by atoms with Gasteiger partial charge in [0.25, 0.3) is 0 Å². The number of nitrogens with one attached hydrogen (secondary N) is 1. The Balaban J connectivity index is 1.56. The highest BCUT2D eigenvalue weighted by Crippen LogP contribution is 2.22. The number of aryl methyl sites for hydroxylation is 1. The lowest BCUT2D eigenvalue weighted by molar-refractivity contribution is -0.125. The van der Waals surface area contributed by atoms with Crippen molar-refractivity contribution >= 4 is 28.2 Å². The Hall–Kier alpha value is -2.15. The molecule has 2 aromatic heterocycles. The van der Waals surface area contributed by atoms with Crippen molar-refractivity contribution in [1.82, 2.24) is 19.7 Å². The molecule has 6 nitrogen and oxygen atoms in total. The summed E-state index contributed by atoms with van der Waals surface area (Å²) in [5, 5.41) is 8.57. The zero-order valence-electron chi connectivity index (χ0n) is 12.5. The van der Waals surface area contributed by atoms with Crippen molar-refractivity contribution in [2.45, 2.75) is 19.9 Å². The molecule has 1 unspecified atom stereocenters. The molecule has 0 aliphatic carbocycles. The van der Waals surface area contributed by atoms with E-state index >= 15 is 0 Å². The third-order valence-electron chi connectivity index (χ3n) is 3.71. The number of hydrogen-bond donors (Lipinski definition) is 1. The van der Waals surface area contributed by atoms with E-state index in [2.05, 4.69) is 22.0 Å². The van der Waals surface area contributed by atoms with E-state index in [4.69, 9.17) is 0 Å². The molecule has 0 bridgehead atoms. The Kier molecular flexibility index (Phi) is 4.24. The van der Waals surface area contributed by atoms with Crippen LogP contribution in [-0.2, 0) is 11.3 Å². The van der Waals surface area contributed by atoms with Crippen LogP contribution in [0.4, 0.5) is 10.9 Å². The third-order valence-corrected chi connectivity index (χ3v) is 4.54. The molecule has 0 aromatic carbocycles. The summed E-state index contributed by atoms with van der Waals surface area (Å²) < 4.78 is 1.93. The van der Waals surface area contributed by atoms with Crippen LogP contribution in [0.5, 0.6) is 0 Å². The van der Waals surface area contributed by atoms with Crippen LogP contribution >= 0.6 is 11.3 Å². The van der Waals surface area contributed by atoms with E-state index in [1.807, 2.05) is 35.0 Å². The number of likely N-dealkylation sites (tertiary alicyclic amines) is 1. The molecule has 22 heavy (non-hydrogen) atoms. The molecule has 116 valence electrons. The van der Waals surface area contributed by atoms with Gasteiger partial charge in [0.2, 0.25) is 5.91 Å². The zero-order valence-corrected chi connectivity index (χ0v) is 13.3. The first kappa shape index (κ1) is 14.8. The number of hydrogen-bond acceptors (Lipinski definition) is 5. The summed E-state index contributed by atoms with van der Waals surface area (Å²) >= 11 is 1.61. The standard InChI is InChI=1S/C15H19N5OS/c1-3-14(21)19-6-4-12(9-19)10-20-7-5-13(18-20)17-15-16-8-11(2)22-15/h3,5,7-8,12H,1,4,6,9-10H2,2H3,(H,16,17,18). The zero-order chi connectivity index (χ0) is 15.5. The second-order valence-electron chi connectivity index (χ2n) is 5.47. The minimum absolute atomic E-state index is 0.0180. The highest BCUT2D eigenvalue weighted by Gasteiger charge is 2.25. The largest absolute Gasteiger partial charge is 0.339 e. The van der Waals surface area contributed by atoms with Crippen LogP contribution in [0.2, 0.25) is 0 Å². The molecule has 3 heterocycles. The smallest absolute Gasteiger partial charge is 0.245 e. The molecule has 0 saturated carbocycles. The first-order valence-electron chi connectivity index (χ1n) is 7.28. The number of aromatic nitrogens is 3. The molecule has 1 N–H and O–H groups in total. The van der Waals surface area contributed by atoms with Gasteiger partial charge in [0.05, 0.1) is 0 Å². The van der Waals surface area contributed by atoms with Crippen LogP contribution in [0, 0.1) is 12.8 Å². The van der Waals surface area contributed by atoms with Crippen LogP contribution in [0.3, 0.4) is 0 Å². The van der Waals surface area contributed by atoms with Gasteiger partial charge in [-0.05, 0) is 25.3 Å². The van der Waals surface area contributed by atoms with Gasteiger partial charge in [0.1, 0.15) is 0 Å². The molecule has 7 heteroatoms. The first-order valence-corrected chi connectivity index (χ1v) is 8.10. The van der Waals surface area contributed by atoms with Gasteiger partial charge in [-0.15, -0.1) is 11.3 Å². The Bertz CT molecular complexity index is 677. The monoisotopic (exact) mass is 317 g/mol. The van der Waals surface area contributed by atoms with Gasteiger partial charge in [-0.1, -0.05) is 6.58 Å². The number of carbonyl (C=O) groups excluding carboxylic acids is 1. The fourth-order valence-corrected chi connectivity index (χ4v) is 3.30. The molecule has 3 rings (SSSR count). The number of nitrogens with zero attached hydrogens (tertiary/aromatic N) is 4. The van der Waals surface area contributed by atoms with E-state index in [0.717, 1.165) is 37.0 Å². The molecule has 1 fully saturated rings. The van der Waals surface area contributed by atoms with E-state index in [-0.39, 0.29) is 5.91 Å². The molecular formula is C15H19N5OS. The summed E-state index contributed by atoms with van der Waals surface area (Å²) in [5.41, 5.74) is 0. The third kappa shape index (κ3) is 3.36. The van der Waals surface area contributed by atoms with Crippen LogP contribution in [0.1, 0.15) is 11.3 Å². The Morgan fingerprint density at radius 1 is 1.64 bits per heavy atom. The summed E-state index contributed by atoms with van der Waals surface area (Å²) in [6.07, 6.45) is 6.19. The lowest BCUT2D eigenvalue weighted by atomic mass is 10.1. The minimum atomic E-state index is 0.0180. The van der Waals surface area contributed by atoms with Crippen molar-refractivity contribution in [3.8, 4) is 0 Å². The summed E-state index contributed by atoms with van der Waals surface area (Å²) in [4.78, 5) is 18.9.